The average molecular weight is 321 g/mol. The number of nitrogens with two attached hydrogens (primary N) is 1. The number of carbonyl (C=O) groups is 1. The second kappa shape index (κ2) is 5.00. The minimum absolute atomic E-state index is 0.269. The Morgan fingerprint density at radius 2 is 1.95 bits per heavy atom. The predicted molar refractivity (Wildman–Crippen MR) is 66.9 cm³/mol. The van der Waals surface area contributed by atoms with Gasteiger partial charge in [0.15, 0.2) is 0 Å². The smallest absolute Gasteiger partial charge is 0.307 e. The Hall–Kier alpha value is -2.14. The fourth-order valence-electron chi connectivity index (χ4n) is 2.00. The summed E-state index contributed by atoms with van der Waals surface area (Å²) in [6.45, 7) is -0.447. The molecule has 0 aromatic heterocycles. The molecule has 21 heavy (non-hydrogen) atoms. The molecule has 1 saturated heterocycles. The third-order valence-corrected chi connectivity index (χ3v) is 4.30. The Morgan fingerprint density at radius 1 is 1.33 bits per heavy atom. The highest BCUT2D eigenvalue weighted by atomic mass is 32.2. The van der Waals surface area contributed by atoms with Crippen LogP contribution in [0.25, 0.3) is 0 Å². The normalized spacial score (nSPS) is 19.1. The molecule has 1 fully saturated rings. The third-order valence-electron chi connectivity index (χ3n) is 3.06. The fourth-order valence-corrected chi connectivity index (χ4v) is 2.73. The van der Waals surface area contributed by atoms with Crippen LogP contribution in [-0.2, 0) is 14.8 Å². The Balaban J connectivity index is 2.45. The van der Waals surface area contributed by atoms with Crippen LogP contribution in [0.5, 0.6) is 0 Å². The van der Waals surface area contributed by atoms with E-state index in [1.54, 1.807) is 0 Å². The van der Waals surface area contributed by atoms with E-state index in [4.69, 9.17) is 5.14 Å². The van der Waals surface area contributed by atoms with E-state index < -0.39 is 62.1 Å². The van der Waals surface area contributed by atoms with E-state index in [0.717, 1.165) is 0 Å². The summed E-state index contributed by atoms with van der Waals surface area (Å²) < 4.78 is 49.3. The van der Waals surface area contributed by atoms with Crippen LogP contribution < -0.4 is 10.0 Å². The lowest BCUT2D eigenvalue weighted by molar-refractivity contribution is -0.387. The van der Waals surface area contributed by atoms with Gasteiger partial charge in [-0.2, -0.15) is 4.39 Å². The molecule has 11 heteroatoms. The van der Waals surface area contributed by atoms with Crippen LogP contribution in [0.2, 0.25) is 0 Å². The number of nitro groups is 1. The molecule has 1 aromatic carbocycles. The molecule has 1 aliphatic rings. The van der Waals surface area contributed by atoms with Crippen LogP contribution in [0.15, 0.2) is 12.1 Å². The molecule has 0 spiro atoms. The van der Waals surface area contributed by atoms with Crippen LogP contribution in [0.1, 0.15) is 6.42 Å². The van der Waals surface area contributed by atoms with Crippen LogP contribution in [0.3, 0.4) is 0 Å². The van der Waals surface area contributed by atoms with Gasteiger partial charge in [-0.3, -0.25) is 14.9 Å². The van der Waals surface area contributed by atoms with Crippen molar-refractivity contribution in [2.45, 2.75) is 11.7 Å². The van der Waals surface area contributed by atoms with Crippen molar-refractivity contribution in [3.8, 4) is 0 Å². The van der Waals surface area contributed by atoms with E-state index in [-0.39, 0.29) is 6.07 Å². The monoisotopic (exact) mass is 321 g/mol. The molecular weight excluding hydrogens is 312 g/mol. The molecule has 114 valence electrons. The minimum atomic E-state index is -4.02. The van der Waals surface area contributed by atoms with Crippen molar-refractivity contribution in [3.05, 3.63) is 33.9 Å². The molecule has 0 radical (unpaired) electrons. The quantitative estimate of drug-likeness (QED) is 0.632. The van der Waals surface area contributed by atoms with E-state index in [1.165, 1.54) is 0 Å². The molecule has 1 aromatic rings. The first-order valence-corrected chi connectivity index (χ1v) is 7.17. The molecule has 2 rings (SSSR count). The van der Waals surface area contributed by atoms with Crippen molar-refractivity contribution in [2.75, 3.05) is 11.4 Å². The van der Waals surface area contributed by atoms with E-state index in [0.29, 0.717) is 11.0 Å². The summed E-state index contributed by atoms with van der Waals surface area (Å²) in [5, 5.41) is 14.3. The Labute approximate surface area is 117 Å². The number of sulfonamides is 1. The second-order valence-corrected chi connectivity index (χ2v) is 6.28. The van der Waals surface area contributed by atoms with Crippen molar-refractivity contribution in [2.24, 2.45) is 5.14 Å². The molecular formula is C10H9F2N3O5S. The largest absolute Gasteiger partial charge is 0.308 e. The van der Waals surface area contributed by atoms with Gasteiger partial charge in [0.2, 0.25) is 21.7 Å². The zero-order chi connectivity index (χ0) is 15.9. The molecule has 1 amide bonds. The number of primary sulfonamides is 1. The molecule has 1 atom stereocenters. The van der Waals surface area contributed by atoms with Gasteiger partial charge >= 0.3 is 5.69 Å². The van der Waals surface area contributed by atoms with E-state index in [1.807, 2.05) is 0 Å². The third kappa shape index (κ3) is 2.83. The maximum atomic E-state index is 13.7. The summed E-state index contributed by atoms with van der Waals surface area (Å²) in [6.07, 6.45) is -0.469. The number of anilines is 1. The van der Waals surface area contributed by atoms with Crippen molar-refractivity contribution >= 4 is 27.3 Å². The topological polar surface area (TPSA) is 124 Å². The van der Waals surface area contributed by atoms with Crippen LogP contribution >= 0.6 is 0 Å². The number of hydrogen-bond donors (Lipinski definition) is 1. The molecule has 8 nitrogen and oxygen atoms in total. The first-order valence-electron chi connectivity index (χ1n) is 5.56. The predicted octanol–water partition coefficient (Wildman–Crippen LogP) is 0.267. The molecule has 1 unspecified atom stereocenters. The molecule has 1 heterocycles. The van der Waals surface area contributed by atoms with E-state index in [9.17, 15) is 32.1 Å². The fraction of sp³-hybridized carbons (Fsp3) is 0.300. The summed E-state index contributed by atoms with van der Waals surface area (Å²) in [6, 6.07) is 0.819. The highest BCUT2D eigenvalue weighted by Crippen LogP contribution is 2.31. The second-order valence-electron chi connectivity index (χ2n) is 4.43. The molecule has 1 aliphatic heterocycles. The van der Waals surface area contributed by atoms with Gasteiger partial charge in [-0.25, -0.2) is 17.9 Å². The lowest BCUT2D eigenvalue weighted by atomic mass is 10.2. The van der Waals surface area contributed by atoms with Gasteiger partial charge in [-0.05, 0) is 0 Å². The molecule has 2 N–H and O–H groups in total. The lowest BCUT2D eigenvalue weighted by Crippen LogP contribution is -2.32. The number of nitrogens with zero attached hydrogens (tertiary/aromatic N) is 2. The Kier molecular flexibility index (Phi) is 3.63. The first-order chi connectivity index (χ1) is 9.61. The number of amides is 1. The number of nitro benzene ring substituents is 1. The molecule has 0 bridgehead atoms. The Bertz CT molecular complexity index is 736. The van der Waals surface area contributed by atoms with Crippen LogP contribution in [-0.4, -0.2) is 31.0 Å². The van der Waals surface area contributed by atoms with E-state index >= 15 is 0 Å². The summed E-state index contributed by atoms with van der Waals surface area (Å²) in [5.74, 6) is -3.37. The van der Waals surface area contributed by atoms with Crippen LogP contribution in [0.4, 0.5) is 20.2 Å². The summed E-state index contributed by atoms with van der Waals surface area (Å²) in [5.41, 5.74) is -1.57. The number of benzene rings is 1. The first kappa shape index (κ1) is 15.3. The van der Waals surface area contributed by atoms with Crippen LogP contribution in [0, 0.1) is 21.7 Å². The summed E-state index contributed by atoms with van der Waals surface area (Å²) >= 11 is 0. The number of halogens is 2. The molecule has 0 aliphatic carbocycles. The highest BCUT2D eigenvalue weighted by Gasteiger charge is 2.39. The number of carbonyl (C=O) groups excluding carboxylic acids is 1. The highest BCUT2D eigenvalue weighted by molar-refractivity contribution is 7.89. The minimum Gasteiger partial charge on any atom is -0.308 e. The standard InChI is InChI=1S/C10H9F2N3O5S/c11-6-2-7(12)9(15(17)18)3-8(6)14-4-5(1-10(14)16)21(13,19)20/h2-3,5H,1,4H2,(H2,13,19,20). The van der Waals surface area contributed by atoms with Gasteiger partial charge in [0.25, 0.3) is 0 Å². The van der Waals surface area contributed by atoms with Gasteiger partial charge in [-0.15, -0.1) is 0 Å². The average Bonchev–Trinajstić information content (AvgIpc) is 2.70. The van der Waals surface area contributed by atoms with Gasteiger partial charge in [0.1, 0.15) is 11.1 Å². The SMILES string of the molecule is NS(=O)(=O)C1CC(=O)N(c2cc([N+](=O)[O-])c(F)cc2F)C1. The number of hydrogen-bond acceptors (Lipinski definition) is 5. The van der Waals surface area contributed by atoms with E-state index in [2.05, 4.69) is 0 Å². The summed E-state index contributed by atoms with van der Waals surface area (Å²) in [4.78, 5) is 22.0. The number of rotatable bonds is 3. The van der Waals surface area contributed by atoms with Crippen molar-refractivity contribution in [3.63, 3.8) is 0 Å². The van der Waals surface area contributed by atoms with Crippen molar-refractivity contribution in [1.82, 2.24) is 0 Å². The van der Waals surface area contributed by atoms with Gasteiger partial charge in [0, 0.05) is 25.1 Å². The zero-order valence-corrected chi connectivity index (χ0v) is 11.1. The van der Waals surface area contributed by atoms with Gasteiger partial charge < -0.3 is 4.90 Å². The van der Waals surface area contributed by atoms with Gasteiger partial charge in [-0.1, -0.05) is 0 Å². The maximum Gasteiger partial charge on any atom is 0.307 e. The molecule has 0 saturated carbocycles. The van der Waals surface area contributed by atoms with Gasteiger partial charge in [0.05, 0.1) is 10.6 Å². The zero-order valence-electron chi connectivity index (χ0n) is 10.3. The van der Waals surface area contributed by atoms with Crippen molar-refractivity contribution < 1.29 is 26.9 Å². The van der Waals surface area contributed by atoms with Crippen molar-refractivity contribution in [1.29, 1.82) is 0 Å². The lowest BCUT2D eigenvalue weighted by Gasteiger charge is -2.17. The maximum absolute atomic E-state index is 13.7. The summed E-state index contributed by atoms with van der Waals surface area (Å²) in [7, 11) is -4.02. The Morgan fingerprint density at radius 3 is 2.43 bits per heavy atom.